The van der Waals surface area contributed by atoms with Crippen molar-refractivity contribution in [2.24, 2.45) is 12.8 Å². The van der Waals surface area contributed by atoms with Gasteiger partial charge in [-0.2, -0.15) is 0 Å². The fraction of sp³-hybridized carbons (Fsp3) is 0.300. The Hall–Kier alpha value is -1.46. The molecule has 84 valence electrons. The summed E-state index contributed by atoms with van der Waals surface area (Å²) in [6, 6.07) is 5.44. The van der Waals surface area contributed by atoms with Crippen molar-refractivity contribution < 1.29 is 4.68 Å². The van der Waals surface area contributed by atoms with Crippen LogP contribution < -0.4 is 10.4 Å². The lowest BCUT2D eigenvalue weighted by Crippen LogP contribution is -2.28. The molecule has 0 bridgehead atoms. The number of tetrazole rings is 1. The van der Waals surface area contributed by atoms with Crippen molar-refractivity contribution in [1.29, 1.82) is 0 Å². The van der Waals surface area contributed by atoms with E-state index in [1.165, 1.54) is 0 Å². The number of rotatable bonds is 2. The highest BCUT2D eigenvalue weighted by Crippen LogP contribution is 2.23. The van der Waals surface area contributed by atoms with Crippen molar-refractivity contribution in [1.82, 2.24) is 15.1 Å². The highest BCUT2D eigenvalue weighted by molar-refractivity contribution is 6.30. The minimum absolute atomic E-state index is 0.108. The molecule has 2 rings (SSSR count). The molecule has 1 atom stereocenters. The van der Waals surface area contributed by atoms with Gasteiger partial charge in [-0.1, -0.05) is 16.3 Å². The average Bonchev–Trinajstić information content (AvgIpc) is 2.64. The summed E-state index contributed by atoms with van der Waals surface area (Å²) in [5, 5.41) is 8.53. The van der Waals surface area contributed by atoms with Crippen LogP contribution in [0.2, 0.25) is 5.02 Å². The maximum Gasteiger partial charge on any atom is 0.250 e. The first-order chi connectivity index (χ1) is 7.58. The molecule has 1 aromatic heterocycles. The van der Waals surface area contributed by atoms with Crippen molar-refractivity contribution in [3.63, 3.8) is 0 Å². The van der Waals surface area contributed by atoms with E-state index in [1.54, 1.807) is 15.7 Å². The first-order valence-electron chi connectivity index (χ1n) is 4.91. The van der Waals surface area contributed by atoms with Gasteiger partial charge in [0.2, 0.25) is 6.33 Å². The Balaban J connectivity index is 2.56. The molecule has 0 aliphatic heterocycles. The molecule has 16 heavy (non-hydrogen) atoms. The van der Waals surface area contributed by atoms with Crippen LogP contribution in [0, 0.1) is 0 Å². The maximum atomic E-state index is 5.95. The van der Waals surface area contributed by atoms with E-state index in [-0.39, 0.29) is 6.04 Å². The Kier molecular flexibility index (Phi) is 2.89. The molecular weight excluding hydrogens is 226 g/mol. The molecule has 1 heterocycles. The fourth-order valence-electron chi connectivity index (χ4n) is 1.52. The molecule has 0 aliphatic rings. The normalized spacial score (nSPS) is 12.8. The van der Waals surface area contributed by atoms with Crippen molar-refractivity contribution in [2.45, 2.75) is 13.0 Å². The molecule has 2 N–H and O–H groups in total. The summed E-state index contributed by atoms with van der Waals surface area (Å²) in [6.07, 6.45) is 1.77. The summed E-state index contributed by atoms with van der Waals surface area (Å²) >= 11 is 5.95. The van der Waals surface area contributed by atoms with Gasteiger partial charge in [-0.05, 0) is 25.1 Å². The van der Waals surface area contributed by atoms with Crippen LogP contribution in [0.1, 0.15) is 18.5 Å². The third-order valence-corrected chi connectivity index (χ3v) is 2.52. The number of hydrogen-bond donors (Lipinski definition) is 1. The molecule has 0 saturated heterocycles. The summed E-state index contributed by atoms with van der Waals surface area (Å²) in [6.45, 7) is 1.91. The summed E-state index contributed by atoms with van der Waals surface area (Å²) in [4.78, 5) is 0. The van der Waals surface area contributed by atoms with Gasteiger partial charge >= 0.3 is 0 Å². The monoisotopic (exact) mass is 238 g/mol. The van der Waals surface area contributed by atoms with Crippen molar-refractivity contribution in [3.05, 3.63) is 35.1 Å². The SMILES string of the molecule is CC(N)c1cc(Cl)ccc1-n1c[n+](C)nn1. The first-order valence-corrected chi connectivity index (χ1v) is 5.29. The van der Waals surface area contributed by atoms with Crippen LogP contribution in [0.25, 0.3) is 5.69 Å². The molecule has 1 aromatic carbocycles. The average molecular weight is 239 g/mol. The van der Waals surface area contributed by atoms with Crippen molar-refractivity contribution in [2.75, 3.05) is 0 Å². The molecular formula is C10H13ClN5+. The predicted molar refractivity (Wildman–Crippen MR) is 60.1 cm³/mol. The van der Waals surface area contributed by atoms with Crippen LogP contribution in [-0.4, -0.2) is 15.1 Å². The molecule has 0 radical (unpaired) electrons. The second-order valence-corrected chi connectivity index (χ2v) is 4.14. The quantitative estimate of drug-likeness (QED) is 0.786. The summed E-state index contributed by atoms with van der Waals surface area (Å²) in [5.74, 6) is 0. The minimum atomic E-state index is -0.108. The number of aryl methyl sites for hydroxylation is 1. The van der Waals surface area contributed by atoms with Gasteiger partial charge in [-0.25, -0.2) is 0 Å². The number of hydrogen-bond acceptors (Lipinski definition) is 3. The fourth-order valence-corrected chi connectivity index (χ4v) is 1.70. The Morgan fingerprint density at radius 3 is 2.81 bits per heavy atom. The van der Waals surface area contributed by atoms with E-state index < -0.39 is 0 Å². The topological polar surface area (TPSA) is 60.6 Å². The number of benzene rings is 1. The lowest BCUT2D eigenvalue weighted by atomic mass is 10.1. The second kappa shape index (κ2) is 4.19. The Bertz CT molecular complexity index is 506. The molecule has 0 aliphatic carbocycles. The van der Waals surface area contributed by atoms with Crippen LogP contribution in [0.15, 0.2) is 24.5 Å². The lowest BCUT2D eigenvalue weighted by molar-refractivity contribution is -0.731. The molecule has 0 saturated carbocycles. The highest BCUT2D eigenvalue weighted by atomic mass is 35.5. The first kappa shape index (κ1) is 11.0. The zero-order valence-corrected chi connectivity index (χ0v) is 9.89. The van der Waals surface area contributed by atoms with E-state index in [0.29, 0.717) is 5.02 Å². The maximum absolute atomic E-state index is 5.95. The molecule has 2 aromatic rings. The van der Waals surface area contributed by atoms with Gasteiger partial charge in [0.05, 0.1) is 7.05 Å². The Labute approximate surface area is 98.4 Å². The van der Waals surface area contributed by atoms with Gasteiger partial charge in [0.15, 0.2) is 5.21 Å². The Morgan fingerprint density at radius 2 is 2.25 bits per heavy atom. The van der Waals surface area contributed by atoms with Crippen LogP contribution >= 0.6 is 11.6 Å². The summed E-state index contributed by atoms with van der Waals surface area (Å²) in [7, 11) is 1.81. The summed E-state index contributed by atoms with van der Waals surface area (Å²) < 4.78 is 3.30. The molecule has 6 heteroatoms. The predicted octanol–water partition coefficient (Wildman–Crippen LogP) is 0.765. The van der Waals surface area contributed by atoms with Crippen molar-refractivity contribution >= 4 is 11.6 Å². The van der Waals surface area contributed by atoms with Gasteiger partial charge in [0.1, 0.15) is 10.9 Å². The van der Waals surface area contributed by atoms with Crippen LogP contribution in [0.4, 0.5) is 0 Å². The van der Waals surface area contributed by atoms with E-state index in [4.69, 9.17) is 17.3 Å². The van der Waals surface area contributed by atoms with Crippen LogP contribution in [0.5, 0.6) is 0 Å². The second-order valence-electron chi connectivity index (χ2n) is 3.70. The van der Waals surface area contributed by atoms with Gasteiger partial charge in [0, 0.05) is 16.6 Å². The third-order valence-electron chi connectivity index (χ3n) is 2.28. The molecule has 1 unspecified atom stereocenters. The van der Waals surface area contributed by atoms with Gasteiger partial charge < -0.3 is 5.73 Å². The lowest BCUT2D eigenvalue weighted by Gasteiger charge is -2.08. The molecule has 5 nitrogen and oxygen atoms in total. The smallest absolute Gasteiger partial charge is 0.250 e. The standard InChI is InChI=1S/C10H13ClN5/c1-7(12)9-5-8(11)3-4-10(9)16-6-15(2)13-14-16/h3-7H,12H2,1-2H3/q+1. The molecule has 0 amide bonds. The van der Waals surface area contributed by atoms with Gasteiger partial charge in [-0.3, -0.25) is 0 Å². The van der Waals surface area contributed by atoms with E-state index in [1.807, 2.05) is 32.2 Å². The zero-order chi connectivity index (χ0) is 11.7. The van der Waals surface area contributed by atoms with E-state index in [9.17, 15) is 0 Å². The largest absolute Gasteiger partial charge is 0.324 e. The minimum Gasteiger partial charge on any atom is -0.324 e. The molecule has 0 fully saturated rings. The molecule has 0 spiro atoms. The Morgan fingerprint density at radius 1 is 1.50 bits per heavy atom. The van der Waals surface area contributed by atoms with Gasteiger partial charge in [0.25, 0.3) is 0 Å². The van der Waals surface area contributed by atoms with E-state index in [0.717, 1.165) is 11.3 Å². The highest BCUT2D eigenvalue weighted by Gasteiger charge is 2.16. The van der Waals surface area contributed by atoms with Crippen LogP contribution in [0.3, 0.4) is 0 Å². The van der Waals surface area contributed by atoms with E-state index >= 15 is 0 Å². The zero-order valence-electron chi connectivity index (χ0n) is 9.13. The van der Waals surface area contributed by atoms with Crippen molar-refractivity contribution in [3.8, 4) is 5.69 Å². The number of halogens is 1. The van der Waals surface area contributed by atoms with Gasteiger partial charge in [-0.15, -0.1) is 4.68 Å². The van der Waals surface area contributed by atoms with E-state index in [2.05, 4.69) is 10.4 Å². The van der Waals surface area contributed by atoms with Crippen LogP contribution in [-0.2, 0) is 7.05 Å². The summed E-state index contributed by atoms with van der Waals surface area (Å²) in [5.41, 5.74) is 7.74. The number of nitrogens with two attached hydrogens (primary N) is 1. The number of nitrogens with zero attached hydrogens (tertiary/aromatic N) is 4. The number of aromatic nitrogens is 4. The third kappa shape index (κ3) is 2.05.